The quantitative estimate of drug-likeness (QED) is 0.801. The summed E-state index contributed by atoms with van der Waals surface area (Å²) in [5.74, 6) is 0.778. The average Bonchev–Trinajstić information content (AvgIpc) is 2.07. The van der Waals surface area contributed by atoms with Crippen LogP contribution in [0, 0.1) is 6.92 Å². The number of aliphatic hydroxyl groups is 1. The molecule has 0 heterocycles. The molecule has 0 amide bonds. The zero-order valence-electron chi connectivity index (χ0n) is 9.24. The Balaban J connectivity index is 3.02. The lowest BCUT2D eigenvalue weighted by Crippen LogP contribution is -2.08. The summed E-state index contributed by atoms with van der Waals surface area (Å²) in [5.41, 5.74) is 2.00. The number of ether oxygens (including phenoxy) is 1. The molecular formula is C12H18O2. The molecule has 14 heavy (non-hydrogen) atoms. The van der Waals surface area contributed by atoms with Crippen molar-refractivity contribution in [2.75, 3.05) is 0 Å². The molecular weight excluding hydrogens is 176 g/mol. The summed E-state index contributed by atoms with van der Waals surface area (Å²) in [6.07, 6.45) is -0.348. The van der Waals surface area contributed by atoms with E-state index in [0.29, 0.717) is 0 Å². The van der Waals surface area contributed by atoms with Crippen LogP contribution in [0.1, 0.15) is 38.0 Å². The van der Waals surface area contributed by atoms with Crippen LogP contribution in [0.3, 0.4) is 0 Å². The highest BCUT2D eigenvalue weighted by Crippen LogP contribution is 2.26. The number of aliphatic hydroxyl groups excluding tert-OH is 1. The van der Waals surface area contributed by atoms with E-state index in [-0.39, 0.29) is 6.10 Å². The Labute approximate surface area is 85.5 Å². The van der Waals surface area contributed by atoms with Crippen molar-refractivity contribution in [1.29, 1.82) is 0 Å². The van der Waals surface area contributed by atoms with Gasteiger partial charge in [-0.25, -0.2) is 0 Å². The van der Waals surface area contributed by atoms with E-state index in [1.54, 1.807) is 6.92 Å². The largest absolute Gasteiger partial charge is 0.491 e. The second-order valence-electron chi connectivity index (χ2n) is 3.88. The molecule has 0 spiro atoms. The smallest absolute Gasteiger partial charge is 0.125 e. The second kappa shape index (κ2) is 4.47. The summed E-state index contributed by atoms with van der Waals surface area (Å²) in [6, 6.07) is 5.86. The van der Waals surface area contributed by atoms with Gasteiger partial charge in [0.15, 0.2) is 0 Å². The molecule has 0 aliphatic carbocycles. The Bertz CT molecular complexity index is 303. The zero-order chi connectivity index (χ0) is 10.7. The maximum atomic E-state index is 9.56. The fourth-order valence-electron chi connectivity index (χ4n) is 1.36. The highest BCUT2D eigenvalue weighted by Gasteiger charge is 2.10. The average molecular weight is 194 g/mol. The summed E-state index contributed by atoms with van der Waals surface area (Å²) in [6.45, 7) is 7.71. The summed E-state index contributed by atoms with van der Waals surface area (Å²) in [7, 11) is 0. The van der Waals surface area contributed by atoms with E-state index in [9.17, 15) is 5.11 Å². The monoisotopic (exact) mass is 194 g/mol. The van der Waals surface area contributed by atoms with Gasteiger partial charge < -0.3 is 9.84 Å². The maximum Gasteiger partial charge on any atom is 0.125 e. The first-order chi connectivity index (χ1) is 6.50. The molecule has 1 atom stereocenters. The summed E-state index contributed by atoms with van der Waals surface area (Å²) >= 11 is 0. The summed E-state index contributed by atoms with van der Waals surface area (Å²) in [5, 5.41) is 9.56. The van der Waals surface area contributed by atoms with Gasteiger partial charge >= 0.3 is 0 Å². The molecule has 78 valence electrons. The van der Waals surface area contributed by atoms with Gasteiger partial charge in [0.1, 0.15) is 5.75 Å². The van der Waals surface area contributed by atoms with Crippen molar-refractivity contribution in [1.82, 2.24) is 0 Å². The Hall–Kier alpha value is -1.02. The van der Waals surface area contributed by atoms with Crippen LogP contribution in [0.2, 0.25) is 0 Å². The number of aryl methyl sites for hydroxylation is 1. The summed E-state index contributed by atoms with van der Waals surface area (Å²) < 4.78 is 5.60. The molecule has 1 aromatic carbocycles. The molecule has 0 saturated carbocycles. The lowest BCUT2D eigenvalue weighted by Gasteiger charge is -2.16. The van der Waals surface area contributed by atoms with E-state index in [4.69, 9.17) is 4.74 Å². The van der Waals surface area contributed by atoms with Crippen molar-refractivity contribution in [3.63, 3.8) is 0 Å². The normalized spacial score (nSPS) is 13.0. The minimum Gasteiger partial charge on any atom is -0.491 e. The van der Waals surface area contributed by atoms with Crippen LogP contribution in [-0.4, -0.2) is 11.2 Å². The highest BCUT2D eigenvalue weighted by atomic mass is 16.5. The molecule has 0 unspecified atom stereocenters. The highest BCUT2D eigenvalue weighted by molar-refractivity contribution is 5.38. The molecule has 2 heteroatoms. The lowest BCUT2D eigenvalue weighted by molar-refractivity contribution is 0.183. The van der Waals surface area contributed by atoms with Gasteiger partial charge in [-0.1, -0.05) is 11.6 Å². The van der Waals surface area contributed by atoms with Crippen molar-refractivity contribution in [3.8, 4) is 5.75 Å². The predicted molar refractivity (Wildman–Crippen MR) is 57.6 cm³/mol. The number of hydrogen-bond donors (Lipinski definition) is 1. The molecule has 2 nitrogen and oxygen atoms in total. The van der Waals surface area contributed by atoms with E-state index in [1.165, 1.54) is 0 Å². The van der Waals surface area contributed by atoms with Crippen molar-refractivity contribution in [2.24, 2.45) is 0 Å². The first-order valence-electron chi connectivity index (χ1n) is 4.96. The van der Waals surface area contributed by atoms with Crippen LogP contribution in [0.5, 0.6) is 5.75 Å². The van der Waals surface area contributed by atoms with Crippen LogP contribution in [0.25, 0.3) is 0 Å². The van der Waals surface area contributed by atoms with E-state index >= 15 is 0 Å². The third kappa shape index (κ3) is 2.74. The topological polar surface area (TPSA) is 29.5 Å². The Kier molecular flexibility index (Phi) is 3.53. The number of rotatable bonds is 3. The molecule has 0 aliphatic heterocycles. The fourth-order valence-corrected chi connectivity index (χ4v) is 1.36. The maximum absolute atomic E-state index is 9.56. The molecule has 0 radical (unpaired) electrons. The third-order valence-corrected chi connectivity index (χ3v) is 1.98. The van der Waals surface area contributed by atoms with Gasteiger partial charge in [0, 0.05) is 5.56 Å². The van der Waals surface area contributed by atoms with Gasteiger partial charge in [0.25, 0.3) is 0 Å². The van der Waals surface area contributed by atoms with Gasteiger partial charge in [0.05, 0.1) is 12.2 Å². The first kappa shape index (κ1) is 11.1. The van der Waals surface area contributed by atoms with Gasteiger partial charge in [-0.3, -0.25) is 0 Å². The van der Waals surface area contributed by atoms with Gasteiger partial charge in [-0.15, -0.1) is 0 Å². The standard InChI is InChI=1S/C12H18O2/c1-8(2)14-12-6-5-9(3)7-11(12)10(4)13/h5-8,10,13H,1-4H3/t10-/m0/s1. The van der Waals surface area contributed by atoms with Crippen LogP contribution in [0.15, 0.2) is 18.2 Å². The Morgan fingerprint density at radius 2 is 1.86 bits per heavy atom. The number of hydrogen-bond acceptors (Lipinski definition) is 2. The molecule has 1 aromatic rings. The van der Waals surface area contributed by atoms with Crippen LogP contribution >= 0.6 is 0 Å². The molecule has 1 N–H and O–H groups in total. The fraction of sp³-hybridized carbons (Fsp3) is 0.500. The van der Waals surface area contributed by atoms with E-state index in [1.807, 2.05) is 39.0 Å². The Morgan fingerprint density at radius 3 is 2.36 bits per heavy atom. The molecule has 0 aliphatic rings. The molecule has 0 fully saturated rings. The lowest BCUT2D eigenvalue weighted by atomic mass is 10.1. The van der Waals surface area contributed by atoms with Crippen LogP contribution in [-0.2, 0) is 0 Å². The van der Waals surface area contributed by atoms with Crippen molar-refractivity contribution in [3.05, 3.63) is 29.3 Å². The van der Waals surface area contributed by atoms with E-state index in [2.05, 4.69) is 0 Å². The summed E-state index contributed by atoms with van der Waals surface area (Å²) in [4.78, 5) is 0. The molecule has 0 bridgehead atoms. The minimum atomic E-state index is -0.483. The minimum absolute atomic E-state index is 0.134. The van der Waals surface area contributed by atoms with Crippen molar-refractivity contribution in [2.45, 2.75) is 39.9 Å². The van der Waals surface area contributed by atoms with Gasteiger partial charge in [-0.2, -0.15) is 0 Å². The predicted octanol–water partition coefficient (Wildman–Crippen LogP) is 2.84. The first-order valence-corrected chi connectivity index (χ1v) is 4.96. The molecule has 1 rings (SSSR count). The van der Waals surface area contributed by atoms with E-state index in [0.717, 1.165) is 16.9 Å². The third-order valence-electron chi connectivity index (χ3n) is 1.98. The van der Waals surface area contributed by atoms with Crippen LogP contribution in [0.4, 0.5) is 0 Å². The van der Waals surface area contributed by atoms with E-state index < -0.39 is 6.10 Å². The molecule has 0 saturated heterocycles. The number of benzene rings is 1. The SMILES string of the molecule is Cc1ccc(OC(C)C)c([C@H](C)O)c1. The zero-order valence-corrected chi connectivity index (χ0v) is 9.24. The van der Waals surface area contributed by atoms with Gasteiger partial charge in [-0.05, 0) is 39.8 Å². The van der Waals surface area contributed by atoms with Crippen molar-refractivity contribution >= 4 is 0 Å². The molecule has 0 aromatic heterocycles. The van der Waals surface area contributed by atoms with Gasteiger partial charge in [0.2, 0.25) is 0 Å². The van der Waals surface area contributed by atoms with Crippen molar-refractivity contribution < 1.29 is 9.84 Å². The second-order valence-corrected chi connectivity index (χ2v) is 3.88. The Morgan fingerprint density at radius 1 is 1.21 bits per heavy atom. The van der Waals surface area contributed by atoms with Crippen LogP contribution < -0.4 is 4.74 Å².